The molecule has 0 bridgehead atoms. The highest BCUT2D eigenvalue weighted by atomic mass is 35.5. The second-order valence-corrected chi connectivity index (χ2v) is 4.92. The molecule has 0 aliphatic rings. The van der Waals surface area contributed by atoms with Crippen LogP contribution in [0.4, 0.5) is 0 Å². The van der Waals surface area contributed by atoms with E-state index in [1.54, 1.807) is 24.3 Å². The van der Waals surface area contributed by atoms with Crippen LogP contribution in [0.1, 0.15) is 10.5 Å². The van der Waals surface area contributed by atoms with E-state index in [2.05, 4.69) is 9.72 Å². The number of carbonyl (C=O) groups is 1. The maximum absolute atomic E-state index is 11.3. The molecule has 1 aromatic heterocycles. The molecule has 0 radical (unpaired) electrons. The van der Waals surface area contributed by atoms with E-state index in [0.29, 0.717) is 15.6 Å². The van der Waals surface area contributed by atoms with Gasteiger partial charge in [0.25, 0.3) is 0 Å². The number of nitrogens with zero attached hydrogens (tertiary/aromatic N) is 1. The Labute approximate surface area is 125 Å². The van der Waals surface area contributed by atoms with Crippen molar-refractivity contribution in [2.75, 3.05) is 7.11 Å². The smallest absolute Gasteiger partial charge is 0.356 e. The molecule has 0 unspecified atom stereocenters. The van der Waals surface area contributed by atoms with Gasteiger partial charge in [0.1, 0.15) is 10.8 Å². The van der Waals surface area contributed by atoms with E-state index in [1.165, 1.54) is 13.2 Å². The molecular formula is C13H8Cl3NO2. The van der Waals surface area contributed by atoms with Crippen molar-refractivity contribution in [3.63, 3.8) is 0 Å². The van der Waals surface area contributed by atoms with Gasteiger partial charge in [-0.15, -0.1) is 0 Å². The summed E-state index contributed by atoms with van der Waals surface area (Å²) in [7, 11) is 1.28. The van der Waals surface area contributed by atoms with Gasteiger partial charge < -0.3 is 4.74 Å². The van der Waals surface area contributed by atoms with Gasteiger partial charge in [-0.25, -0.2) is 9.78 Å². The second-order valence-electron chi connectivity index (χ2n) is 3.68. The third kappa shape index (κ3) is 3.18. The van der Waals surface area contributed by atoms with E-state index < -0.39 is 5.97 Å². The van der Waals surface area contributed by atoms with Crippen molar-refractivity contribution in [3.05, 3.63) is 51.2 Å². The van der Waals surface area contributed by atoms with Crippen molar-refractivity contribution in [1.29, 1.82) is 0 Å². The van der Waals surface area contributed by atoms with E-state index >= 15 is 0 Å². The van der Waals surface area contributed by atoms with Crippen molar-refractivity contribution in [2.45, 2.75) is 0 Å². The van der Waals surface area contributed by atoms with Crippen LogP contribution in [0.2, 0.25) is 15.2 Å². The van der Waals surface area contributed by atoms with Crippen LogP contribution in [0, 0.1) is 0 Å². The van der Waals surface area contributed by atoms with Crippen LogP contribution in [0.25, 0.3) is 11.1 Å². The minimum Gasteiger partial charge on any atom is -0.464 e. The molecule has 2 rings (SSSR count). The Kier molecular flexibility index (Phi) is 4.30. The average molecular weight is 317 g/mol. The molecule has 0 aliphatic carbocycles. The maximum atomic E-state index is 11.3. The predicted octanol–water partition coefficient (Wildman–Crippen LogP) is 4.50. The number of hydrogen-bond acceptors (Lipinski definition) is 3. The topological polar surface area (TPSA) is 39.2 Å². The molecule has 3 nitrogen and oxygen atoms in total. The summed E-state index contributed by atoms with van der Waals surface area (Å²) in [4.78, 5) is 15.3. The second kappa shape index (κ2) is 5.78. The SMILES string of the molecule is COC(=O)c1ccc(-c2cc(Cl)cc(Cl)c2)c(Cl)n1. The molecule has 0 spiro atoms. The Balaban J connectivity index is 2.49. The van der Waals surface area contributed by atoms with E-state index in [1.807, 2.05) is 0 Å². The van der Waals surface area contributed by atoms with Gasteiger partial charge >= 0.3 is 5.97 Å². The zero-order valence-electron chi connectivity index (χ0n) is 9.78. The minimum atomic E-state index is -0.544. The van der Waals surface area contributed by atoms with Gasteiger partial charge in [-0.3, -0.25) is 0 Å². The van der Waals surface area contributed by atoms with Crippen molar-refractivity contribution < 1.29 is 9.53 Å². The van der Waals surface area contributed by atoms with Crippen LogP contribution in [-0.2, 0) is 4.74 Å². The normalized spacial score (nSPS) is 10.3. The molecular weight excluding hydrogens is 309 g/mol. The summed E-state index contributed by atoms with van der Waals surface area (Å²) in [5.74, 6) is -0.544. The lowest BCUT2D eigenvalue weighted by atomic mass is 10.1. The van der Waals surface area contributed by atoms with E-state index in [0.717, 1.165) is 5.56 Å². The van der Waals surface area contributed by atoms with E-state index in [-0.39, 0.29) is 10.8 Å². The minimum absolute atomic E-state index is 0.143. The molecule has 0 aliphatic heterocycles. The van der Waals surface area contributed by atoms with Crippen LogP contribution in [0.3, 0.4) is 0 Å². The summed E-state index contributed by atoms with van der Waals surface area (Å²) in [6.07, 6.45) is 0. The van der Waals surface area contributed by atoms with Gasteiger partial charge in [0.2, 0.25) is 0 Å². The highest BCUT2D eigenvalue weighted by molar-refractivity contribution is 6.35. The monoisotopic (exact) mass is 315 g/mol. The Morgan fingerprint density at radius 1 is 1.11 bits per heavy atom. The first-order valence-electron chi connectivity index (χ1n) is 5.22. The molecule has 19 heavy (non-hydrogen) atoms. The van der Waals surface area contributed by atoms with Crippen molar-refractivity contribution >= 4 is 40.8 Å². The predicted molar refractivity (Wildman–Crippen MR) is 76.0 cm³/mol. The third-order valence-electron chi connectivity index (χ3n) is 2.42. The first-order chi connectivity index (χ1) is 9.01. The number of carbonyl (C=O) groups excluding carboxylic acids is 1. The van der Waals surface area contributed by atoms with E-state index in [4.69, 9.17) is 34.8 Å². The molecule has 0 saturated carbocycles. The fourth-order valence-corrected chi connectivity index (χ4v) is 2.37. The number of pyridine rings is 1. The Hall–Kier alpha value is -1.29. The third-order valence-corrected chi connectivity index (χ3v) is 3.14. The molecule has 6 heteroatoms. The first kappa shape index (κ1) is 14.1. The first-order valence-corrected chi connectivity index (χ1v) is 6.36. The molecule has 98 valence electrons. The molecule has 0 N–H and O–H groups in total. The lowest BCUT2D eigenvalue weighted by molar-refractivity contribution is 0.0594. The molecule has 0 saturated heterocycles. The number of halogens is 3. The van der Waals surface area contributed by atoms with E-state index in [9.17, 15) is 4.79 Å². The van der Waals surface area contributed by atoms with Crippen LogP contribution in [0.15, 0.2) is 30.3 Å². The molecule has 0 atom stereocenters. The van der Waals surface area contributed by atoms with Crippen molar-refractivity contribution in [2.24, 2.45) is 0 Å². The van der Waals surface area contributed by atoms with Gasteiger partial charge in [-0.1, -0.05) is 34.8 Å². The van der Waals surface area contributed by atoms with Crippen molar-refractivity contribution in [1.82, 2.24) is 4.98 Å². The Bertz CT molecular complexity index is 624. The van der Waals surface area contributed by atoms with Gasteiger partial charge in [0.05, 0.1) is 7.11 Å². The van der Waals surface area contributed by atoms with Gasteiger partial charge in [0, 0.05) is 15.6 Å². The Morgan fingerprint density at radius 2 is 1.74 bits per heavy atom. The highest BCUT2D eigenvalue weighted by Gasteiger charge is 2.12. The summed E-state index contributed by atoms with van der Waals surface area (Å²) < 4.78 is 4.57. The summed E-state index contributed by atoms with van der Waals surface area (Å²) in [6.45, 7) is 0. The van der Waals surface area contributed by atoms with Gasteiger partial charge in [0.15, 0.2) is 0 Å². The van der Waals surface area contributed by atoms with Crippen LogP contribution in [0.5, 0.6) is 0 Å². The molecule has 1 aromatic carbocycles. The standard InChI is InChI=1S/C13H8Cl3NO2/c1-19-13(18)11-3-2-10(12(16)17-11)7-4-8(14)6-9(15)5-7/h2-6H,1H3. The largest absolute Gasteiger partial charge is 0.464 e. The summed E-state index contributed by atoms with van der Waals surface area (Å²) >= 11 is 17.9. The Morgan fingerprint density at radius 3 is 2.26 bits per heavy atom. The summed E-state index contributed by atoms with van der Waals surface area (Å²) in [5.41, 5.74) is 1.51. The summed E-state index contributed by atoms with van der Waals surface area (Å²) in [5, 5.41) is 1.17. The lowest BCUT2D eigenvalue weighted by Crippen LogP contribution is -2.04. The van der Waals surface area contributed by atoms with Crippen LogP contribution in [-0.4, -0.2) is 18.1 Å². The number of benzene rings is 1. The molecule has 0 fully saturated rings. The number of hydrogen-bond donors (Lipinski definition) is 0. The van der Waals surface area contributed by atoms with Crippen LogP contribution >= 0.6 is 34.8 Å². The molecule has 1 heterocycles. The average Bonchev–Trinajstić information content (AvgIpc) is 2.36. The highest BCUT2D eigenvalue weighted by Crippen LogP contribution is 2.31. The fraction of sp³-hybridized carbons (Fsp3) is 0.0769. The number of rotatable bonds is 2. The van der Waals surface area contributed by atoms with Gasteiger partial charge in [-0.05, 0) is 35.9 Å². The van der Waals surface area contributed by atoms with Crippen molar-refractivity contribution in [3.8, 4) is 11.1 Å². The fourth-order valence-electron chi connectivity index (χ4n) is 1.58. The lowest BCUT2D eigenvalue weighted by Gasteiger charge is -2.07. The molecule has 0 amide bonds. The number of ether oxygens (including phenoxy) is 1. The number of aromatic nitrogens is 1. The van der Waals surface area contributed by atoms with Crippen LogP contribution < -0.4 is 0 Å². The molecule has 2 aromatic rings. The zero-order valence-corrected chi connectivity index (χ0v) is 12.1. The number of methoxy groups -OCH3 is 1. The zero-order chi connectivity index (χ0) is 14.0. The quantitative estimate of drug-likeness (QED) is 0.605. The number of esters is 1. The van der Waals surface area contributed by atoms with Gasteiger partial charge in [-0.2, -0.15) is 0 Å². The maximum Gasteiger partial charge on any atom is 0.356 e. The summed E-state index contributed by atoms with van der Waals surface area (Å²) in [6, 6.07) is 8.25.